The Kier molecular flexibility index (Phi) is 5.91. The van der Waals surface area contributed by atoms with Crippen LogP contribution in [0.5, 0.6) is 0 Å². The number of ketones is 1. The monoisotopic (exact) mass is 463 g/mol. The largest absolute Gasteiger partial charge is 0.427 e. The van der Waals surface area contributed by atoms with Crippen LogP contribution in [0.4, 0.5) is 11.6 Å². The SMILES string of the molecule is CC(=O)c1c(C)c2cnc(N=c3ccc(N4CCNCC4)cn3O)nc2n(C2CCCC2)c1=O. The van der Waals surface area contributed by atoms with Crippen LogP contribution < -0.4 is 21.3 Å². The number of carbonyl (C=O) groups excluding carboxylic acids is 1. The van der Waals surface area contributed by atoms with Gasteiger partial charge in [-0.3, -0.25) is 14.2 Å². The van der Waals surface area contributed by atoms with E-state index in [1.54, 1.807) is 30.0 Å². The fraction of sp³-hybridized carbons (Fsp3) is 0.458. The van der Waals surface area contributed by atoms with Gasteiger partial charge < -0.3 is 15.4 Å². The zero-order valence-electron chi connectivity index (χ0n) is 19.5. The van der Waals surface area contributed by atoms with Crippen LogP contribution in [-0.4, -0.2) is 56.4 Å². The molecule has 0 atom stereocenters. The highest BCUT2D eigenvalue weighted by Gasteiger charge is 2.25. The maximum absolute atomic E-state index is 13.3. The number of hydrogen-bond donors (Lipinski definition) is 2. The van der Waals surface area contributed by atoms with E-state index in [0.29, 0.717) is 16.6 Å². The number of piperazine rings is 1. The van der Waals surface area contributed by atoms with Crippen LogP contribution >= 0.6 is 0 Å². The van der Waals surface area contributed by atoms with Gasteiger partial charge in [0.2, 0.25) is 0 Å². The van der Waals surface area contributed by atoms with Crippen LogP contribution in [0.1, 0.15) is 54.6 Å². The van der Waals surface area contributed by atoms with Crippen molar-refractivity contribution in [2.24, 2.45) is 4.99 Å². The lowest BCUT2D eigenvalue weighted by atomic mass is 10.0. The van der Waals surface area contributed by atoms with Crippen LogP contribution in [0.2, 0.25) is 0 Å². The first-order chi connectivity index (χ1) is 16.4. The van der Waals surface area contributed by atoms with Crippen molar-refractivity contribution in [3.05, 3.63) is 51.5 Å². The maximum Gasteiger partial charge on any atom is 0.263 e. The van der Waals surface area contributed by atoms with E-state index in [9.17, 15) is 14.8 Å². The summed E-state index contributed by atoms with van der Waals surface area (Å²) in [6.45, 7) is 6.71. The summed E-state index contributed by atoms with van der Waals surface area (Å²) in [5.74, 6) is -0.109. The van der Waals surface area contributed by atoms with E-state index in [2.05, 4.69) is 25.2 Å². The summed E-state index contributed by atoms with van der Waals surface area (Å²) in [4.78, 5) is 41.2. The summed E-state index contributed by atoms with van der Waals surface area (Å²) < 4.78 is 2.63. The molecular weight excluding hydrogens is 434 g/mol. The maximum atomic E-state index is 13.3. The molecule has 1 saturated carbocycles. The van der Waals surface area contributed by atoms with Crippen molar-refractivity contribution in [3.63, 3.8) is 0 Å². The third-order valence-electron chi connectivity index (χ3n) is 6.83. The molecule has 2 N–H and O–H groups in total. The molecule has 3 aromatic rings. The number of nitrogens with zero attached hydrogens (tertiary/aromatic N) is 6. The van der Waals surface area contributed by atoms with Gasteiger partial charge in [0, 0.05) is 43.8 Å². The Bertz CT molecular complexity index is 1380. The van der Waals surface area contributed by atoms with Crippen LogP contribution in [-0.2, 0) is 0 Å². The van der Waals surface area contributed by atoms with E-state index in [1.807, 2.05) is 6.07 Å². The van der Waals surface area contributed by atoms with Gasteiger partial charge in [-0.15, -0.1) is 0 Å². The molecule has 3 aromatic heterocycles. The van der Waals surface area contributed by atoms with Gasteiger partial charge in [0.05, 0.1) is 17.4 Å². The highest BCUT2D eigenvalue weighted by molar-refractivity contribution is 5.99. The summed E-state index contributed by atoms with van der Waals surface area (Å²) in [6.07, 6.45) is 7.06. The molecule has 1 saturated heterocycles. The van der Waals surface area contributed by atoms with Crippen LogP contribution in [0.3, 0.4) is 0 Å². The lowest BCUT2D eigenvalue weighted by molar-refractivity contribution is 0.101. The van der Waals surface area contributed by atoms with Crippen LogP contribution in [0.15, 0.2) is 34.3 Å². The Labute approximate surface area is 196 Å². The van der Waals surface area contributed by atoms with E-state index in [0.717, 1.165) is 62.3 Å². The molecule has 0 radical (unpaired) electrons. The molecule has 0 spiro atoms. The number of aromatic nitrogens is 4. The molecule has 0 unspecified atom stereocenters. The van der Waals surface area contributed by atoms with Gasteiger partial charge >= 0.3 is 0 Å². The van der Waals surface area contributed by atoms with E-state index >= 15 is 0 Å². The number of carbonyl (C=O) groups is 1. The molecule has 1 aliphatic heterocycles. The zero-order chi connectivity index (χ0) is 23.8. The second-order valence-electron chi connectivity index (χ2n) is 9.02. The van der Waals surface area contributed by atoms with Gasteiger partial charge in [-0.2, -0.15) is 14.7 Å². The minimum Gasteiger partial charge on any atom is -0.427 e. The Morgan fingerprint density at radius 2 is 1.94 bits per heavy atom. The van der Waals surface area contributed by atoms with E-state index in [-0.39, 0.29) is 34.4 Å². The van der Waals surface area contributed by atoms with E-state index < -0.39 is 0 Å². The quantitative estimate of drug-likeness (QED) is 0.449. The van der Waals surface area contributed by atoms with Crippen LogP contribution in [0, 0.1) is 6.92 Å². The average Bonchev–Trinajstić information content (AvgIpc) is 3.35. The Hall–Kier alpha value is -3.53. The first-order valence-corrected chi connectivity index (χ1v) is 11.8. The van der Waals surface area contributed by atoms with Gasteiger partial charge in [-0.1, -0.05) is 12.8 Å². The second-order valence-corrected chi connectivity index (χ2v) is 9.02. The molecule has 34 heavy (non-hydrogen) atoms. The number of aryl methyl sites for hydroxylation is 1. The molecule has 10 heteroatoms. The minimum absolute atomic E-state index is 0.00227. The van der Waals surface area contributed by atoms with Crippen molar-refractivity contribution in [1.29, 1.82) is 0 Å². The lowest BCUT2D eigenvalue weighted by Gasteiger charge is -2.29. The predicted molar refractivity (Wildman–Crippen MR) is 128 cm³/mol. The fourth-order valence-electron chi connectivity index (χ4n) is 5.07. The first-order valence-electron chi connectivity index (χ1n) is 11.8. The van der Waals surface area contributed by atoms with Crippen molar-refractivity contribution in [3.8, 4) is 0 Å². The lowest BCUT2D eigenvalue weighted by Crippen LogP contribution is -2.43. The molecule has 4 heterocycles. The molecule has 0 aromatic carbocycles. The molecule has 5 rings (SSSR count). The van der Waals surface area contributed by atoms with Gasteiger partial charge in [-0.05, 0) is 44.4 Å². The van der Waals surface area contributed by atoms with Crippen molar-refractivity contribution in [1.82, 2.24) is 24.6 Å². The molecule has 0 bridgehead atoms. The van der Waals surface area contributed by atoms with Gasteiger partial charge in [0.25, 0.3) is 11.5 Å². The first kappa shape index (κ1) is 22.3. The molecule has 2 fully saturated rings. The molecule has 2 aliphatic rings. The molecular formula is C24H29N7O3. The molecule has 178 valence electrons. The second kappa shape index (κ2) is 9.02. The standard InChI is InChI=1S/C24H29N7O3/c1-15-19-13-26-24(27-20-8-7-18(14-30(20)34)29-11-9-25-10-12-29)28-22(19)31(17-5-3-4-6-17)23(33)21(15)16(2)32/h7-8,13-14,17,25,34H,3-6,9-12H2,1-2H3. The Balaban J connectivity index is 1.62. The molecule has 0 amide bonds. The van der Waals surface area contributed by atoms with Crippen molar-refractivity contribution in [2.75, 3.05) is 31.1 Å². The fourth-order valence-corrected chi connectivity index (χ4v) is 5.07. The van der Waals surface area contributed by atoms with E-state index in [4.69, 9.17) is 0 Å². The number of nitrogens with one attached hydrogen (secondary N) is 1. The van der Waals surface area contributed by atoms with Crippen molar-refractivity contribution >= 4 is 28.5 Å². The summed E-state index contributed by atoms with van der Waals surface area (Å²) in [5.41, 5.74) is 2.16. The van der Waals surface area contributed by atoms with Crippen LogP contribution in [0.25, 0.3) is 11.0 Å². The highest BCUT2D eigenvalue weighted by Crippen LogP contribution is 2.32. The molecule has 1 aliphatic carbocycles. The number of anilines is 1. The topological polar surface area (TPSA) is 118 Å². The number of hydrogen-bond acceptors (Lipinski definition) is 8. The van der Waals surface area contributed by atoms with Gasteiger partial charge in [0.15, 0.2) is 11.3 Å². The Morgan fingerprint density at radius 1 is 1.21 bits per heavy atom. The van der Waals surface area contributed by atoms with Crippen molar-refractivity contribution in [2.45, 2.75) is 45.6 Å². The molecule has 10 nitrogen and oxygen atoms in total. The Morgan fingerprint density at radius 3 is 2.62 bits per heavy atom. The number of pyridine rings is 2. The average molecular weight is 464 g/mol. The normalized spacial score (nSPS) is 17.6. The summed E-state index contributed by atoms with van der Waals surface area (Å²) >= 11 is 0. The third kappa shape index (κ3) is 3.98. The minimum atomic E-state index is -0.299. The summed E-state index contributed by atoms with van der Waals surface area (Å²) in [5, 5.41) is 14.5. The smallest absolute Gasteiger partial charge is 0.263 e. The van der Waals surface area contributed by atoms with Crippen molar-refractivity contribution < 1.29 is 10.0 Å². The number of Topliss-reactive ketones (excluding diaryl/α,β-unsaturated/α-hetero) is 1. The third-order valence-corrected chi connectivity index (χ3v) is 6.83. The highest BCUT2D eigenvalue weighted by atomic mass is 16.5. The number of fused-ring (bicyclic) bond motifs is 1. The van der Waals surface area contributed by atoms with Gasteiger partial charge in [-0.25, -0.2) is 4.98 Å². The summed E-state index contributed by atoms with van der Waals surface area (Å²) in [7, 11) is 0. The summed E-state index contributed by atoms with van der Waals surface area (Å²) in [6, 6.07) is 3.63. The zero-order valence-corrected chi connectivity index (χ0v) is 19.5. The number of rotatable bonds is 4. The van der Waals surface area contributed by atoms with E-state index in [1.165, 1.54) is 6.92 Å². The van der Waals surface area contributed by atoms with Gasteiger partial charge in [0.1, 0.15) is 5.65 Å². The predicted octanol–water partition coefficient (Wildman–Crippen LogP) is 2.10.